The molecule has 3 rings (SSSR count). The molecule has 0 aliphatic rings. The quantitative estimate of drug-likeness (QED) is 0.771. The Hall–Kier alpha value is -1.84. The molecule has 0 amide bonds. The van der Waals surface area contributed by atoms with Gasteiger partial charge in [-0.1, -0.05) is 23.2 Å². The van der Waals surface area contributed by atoms with Gasteiger partial charge >= 0.3 is 0 Å². The van der Waals surface area contributed by atoms with Gasteiger partial charge in [-0.05, 0) is 42.0 Å². The summed E-state index contributed by atoms with van der Waals surface area (Å²) in [6.07, 6.45) is 3.36. The van der Waals surface area contributed by atoms with Gasteiger partial charge in [-0.3, -0.25) is 9.97 Å². The second-order valence-corrected chi connectivity index (χ2v) is 5.19. The minimum atomic E-state index is 0.602. The molecule has 100 valence electrons. The monoisotopic (exact) mass is 303 g/mol. The lowest BCUT2D eigenvalue weighted by molar-refractivity contribution is 1.15. The summed E-state index contributed by atoms with van der Waals surface area (Å²) >= 11 is 12.1. The van der Waals surface area contributed by atoms with Gasteiger partial charge in [0.05, 0.1) is 11.0 Å². The number of nitrogens with one attached hydrogen (secondary N) is 1. The topological polar surface area (TPSA) is 37.8 Å². The number of fused-ring (bicyclic) bond motifs is 1. The lowest BCUT2D eigenvalue weighted by Gasteiger charge is -2.09. The highest BCUT2D eigenvalue weighted by Crippen LogP contribution is 2.22. The van der Waals surface area contributed by atoms with Crippen molar-refractivity contribution in [2.24, 2.45) is 0 Å². The minimum Gasteiger partial charge on any atom is -0.381 e. The number of hydrogen-bond donors (Lipinski definition) is 1. The first-order valence-electron chi connectivity index (χ1n) is 6.11. The molecule has 3 aromatic rings. The number of rotatable bonds is 3. The molecule has 0 atom stereocenters. The molecule has 2 aromatic carbocycles. The molecule has 0 spiro atoms. The molecule has 5 heteroatoms. The van der Waals surface area contributed by atoms with E-state index in [1.54, 1.807) is 24.5 Å². The van der Waals surface area contributed by atoms with Crippen molar-refractivity contribution in [3.8, 4) is 0 Å². The number of anilines is 1. The highest BCUT2D eigenvalue weighted by molar-refractivity contribution is 6.33. The van der Waals surface area contributed by atoms with Gasteiger partial charge in [-0.2, -0.15) is 0 Å². The normalized spacial score (nSPS) is 10.7. The molecule has 0 unspecified atom stereocenters. The van der Waals surface area contributed by atoms with Gasteiger partial charge in [0.2, 0.25) is 0 Å². The van der Waals surface area contributed by atoms with Crippen LogP contribution in [-0.2, 0) is 6.54 Å². The Morgan fingerprint density at radius 3 is 2.55 bits per heavy atom. The maximum atomic E-state index is 6.14. The maximum absolute atomic E-state index is 6.14. The molecule has 0 saturated carbocycles. The first-order valence-corrected chi connectivity index (χ1v) is 6.86. The van der Waals surface area contributed by atoms with E-state index in [4.69, 9.17) is 23.2 Å². The van der Waals surface area contributed by atoms with Crippen LogP contribution < -0.4 is 5.32 Å². The average molecular weight is 304 g/mol. The second kappa shape index (κ2) is 5.65. The SMILES string of the molecule is Clc1ccc(Cl)c(CNc2ccc3nccnc3c2)c1. The first-order chi connectivity index (χ1) is 9.72. The lowest BCUT2D eigenvalue weighted by Crippen LogP contribution is -2.00. The van der Waals surface area contributed by atoms with Gasteiger partial charge in [0.25, 0.3) is 0 Å². The molecule has 1 N–H and O–H groups in total. The van der Waals surface area contributed by atoms with Gasteiger partial charge in [0, 0.05) is 34.7 Å². The van der Waals surface area contributed by atoms with Crippen LogP contribution in [0.1, 0.15) is 5.56 Å². The van der Waals surface area contributed by atoms with E-state index in [9.17, 15) is 0 Å². The standard InChI is InChI=1S/C15H11Cl2N3/c16-11-1-3-13(17)10(7-11)9-20-12-2-4-14-15(8-12)19-6-5-18-14/h1-8,20H,9H2. The van der Waals surface area contributed by atoms with Crippen LogP contribution >= 0.6 is 23.2 Å². The lowest BCUT2D eigenvalue weighted by atomic mass is 10.2. The summed E-state index contributed by atoms with van der Waals surface area (Å²) in [5.74, 6) is 0. The predicted octanol–water partition coefficient (Wildman–Crippen LogP) is 4.55. The van der Waals surface area contributed by atoms with Crippen molar-refractivity contribution >= 4 is 39.9 Å². The molecule has 0 aliphatic carbocycles. The molecule has 1 aromatic heterocycles. The summed E-state index contributed by atoms with van der Waals surface area (Å²) < 4.78 is 0. The van der Waals surface area contributed by atoms with Gasteiger partial charge < -0.3 is 5.32 Å². The Morgan fingerprint density at radius 1 is 0.900 bits per heavy atom. The number of benzene rings is 2. The summed E-state index contributed by atoms with van der Waals surface area (Å²) in [6.45, 7) is 0.602. The number of nitrogens with zero attached hydrogens (tertiary/aromatic N) is 2. The number of aromatic nitrogens is 2. The second-order valence-electron chi connectivity index (χ2n) is 4.35. The van der Waals surface area contributed by atoms with Crippen LogP contribution in [0.2, 0.25) is 10.0 Å². The Morgan fingerprint density at radius 2 is 1.70 bits per heavy atom. The zero-order valence-corrected chi connectivity index (χ0v) is 12.0. The molecule has 0 saturated heterocycles. The highest BCUT2D eigenvalue weighted by atomic mass is 35.5. The molecule has 3 nitrogen and oxygen atoms in total. The summed E-state index contributed by atoms with van der Waals surface area (Å²) in [7, 11) is 0. The van der Waals surface area contributed by atoms with Crippen LogP contribution in [0, 0.1) is 0 Å². The highest BCUT2D eigenvalue weighted by Gasteiger charge is 2.02. The van der Waals surface area contributed by atoms with E-state index < -0.39 is 0 Å². The predicted molar refractivity (Wildman–Crippen MR) is 83.3 cm³/mol. The Kier molecular flexibility index (Phi) is 3.72. The van der Waals surface area contributed by atoms with Crippen LogP contribution in [0.3, 0.4) is 0 Å². The summed E-state index contributed by atoms with van der Waals surface area (Å²) in [5.41, 5.74) is 3.65. The van der Waals surface area contributed by atoms with E-state index in [0.717, 1.165) is 22.3 Å². The molecular formula is C15H11Cl2N3. The summed E-state index contributed by atoms with van der Waals surface area (Å²) in [4.78, 5) is 8.52. The number of hydrogen-bond acceptors (Lipinski definition) is 3. The molecular weight excluding hydrogens is 293 g/mol. The van der Waals surface area contributed by atoms with Crippen molar-refractivity contribution in [3.05, 3.63) is 64.4 Å². The smallest absolute Gasteiger partial charge is 0.0907 e. The third-order valence-electron chi connectivity index (χ3n) is 2.96. The van der Waals surface area contributed by atoms with Gasteiger partial charge in [-0.15, -0.1) is 0 Å². The minimum absolute atomic E-state index is 0.602. The van der Waals surface area contributed by atoms with Crippen LogP contribution in [0.15, 0.2) is 48.8 Å². The van der Waals surface area contributed by atoms with E-state index in [2.05, 4.69) is 15.3 Å². The molecule has 20 heavy (non-hydrogen) atoms. The zero-order valence-electron chi connectivity index (χ0n) is 10.5. The van der Waals surface area contributed by atoms with Crippen molar-refractivity contribution in [2.75, 3.05) is 5.32 Å². The van der Waals surface area contributed by atoms with Crippen LogP contribution in [0.4, 0.5) is 5.69 Å². The van der Waals surface area contributed by atoms with Crippen molar-refractivity contribution in [1.82, 2.24) is 9.97 Å². The fourth-order valence-electron chi connectivity index (χ4n) is 1.95. The first kappa shape index (κ1) is 13.2. The van der Waals surface area contributed by atoms with Crippen molar-refractivity contribution in [2.45, 2.75) is 6.54 Å². The number of halogens is 2. The molecule has 0 fully saturated rings. The van der Waals surface area contributed by atoms with Gasteiger partial charge in [0.1, 0.15) is 0 Å². The van der Waals surface area contributed by atoms with Gasteiger partial charge in [0.15, 0.2) is 0 Å². The van der Waals surface area contributed by atoms with Crippen LogP contribution in [0.25, 0.3) is 11.0 Å². The average Bonchev–Trinajstić information content (AvgIpc) is 2.48. The van der Waals surface area contributed by atoms with Crippen molar-refractivity contribution < 1.29 is 0 Å². The Balaban J connectivity index is 1.81. The van der Waals surface area contributed by atoms with Gasteiger partial charge in [-0.25, -0.2) is 0 Å². The molecule has 0 radical (unpaired) electrons. The third-order valence-corrected chi connectivity index (χ3v) is 3.56. The van der Waals surface area contributed by atoms with E-state index in [1.807, 2.05) is 24.3 Å². The molecule has 0 aliphatic heterocycles. The molecule has 1 heterocycles. The largest absolute Gasteiger partial charge is 0.381 e. The molecule has 0 bridgehead atoms. The fraction of sp³-hybridized carbons (Fsp3) is 0.0667. The van der Waals surface area contributed by atoms with E-state index >= 15 is 0 Å². The van der Waals surface area contributed by atoms with Crippen LogP contribution in [0.5, 0.6) is 0 Å². The van der Waals surface area contributed by atoms with E-state index in [0.29, 0.717) is 16.6 Å². The fourth-order valence-corrected chi connectivity index (χ4v) is 2.33. The zero-order chi connectivity index (χ0) is 13.9. The Labute approximate surface area is 126 Å². The maximum Gasteiger partial charge on any atom is 0.0907 e. The van der Waals surface area contributed by atoms with E-state index in [1.165, 1.54) is 0 Å². The van der Waals surface area contributed by atoms with E-state index in [-0.39, 0.29) is 0 Å². The van der Waals surface area contributed by atoms with Crippen LogP contribution in [-0.4, -0.2) is 9.97 Å². The van der Waals surface area contributed by atoms with Crippen molar-refractivity contribution in [1.29, 1.82) is 0 Å². The summed E-state index contributed by atoms with van der Waals surface area (Å²) in [6, 6.07) is 11.3. The Bertz CT molecular complexity index is 759. The summed E-state index contributed by atoms with van der Waals surface area (Å²) in [5, 5.41) is 4.68. The van der Waals surface area contributed by atoms with Crippen molar-refractivity contribution in [3.63, 3.8) is 0 Å². The third kappa shape index (κ3) is 2.84.